The van der Waals surface area contributed by atoms with Crippen LogP contribution >= 0.6 is 0 Å². The first-order valence-electron chi connectivity index (χ1n) is 6.11. The van der Waals surface area contributed by atoms with Crippen LogP contribution in [0.1, 0.15) is 32.1 Å². The largest absolute Gasteiger partial charge is 0.506 e. The summed E-state index contributed by atoms with van der Waals surface area (Å²) in [6.45, 7) is 0. The summed E-state index contributed by atoms with van der Waals surface area (Å²) < 4.78 is 5.06. The Morgan fingerprint density at radius 2 is 1.94 bits per heavy atom. The first-order chi connectivity index (χ1) is 8.15. The Kier molecular flexibility index (Phi) is 3.52. The minimum atomic E-state index is -1.32. The molecule has 0 saturated heterocycles. The van der Waals surface area contributed by atoms with Crippen molar-refractivity contribution in [2.75, 3.05) is 0 Å². The van der Waals surface area contributed by atoms with Crippen LogP contribution in [-0.2, 0) is 4.74 Å². The second kappa shape index (κ2) is 4.92. The Bertz CT molecular complexity index is 341. The summed E-state index contributed by atoms with van der Waals surface area (Å²) in [5.41, 5.74) is -1.08. The van der Waals surface area contributed by atoms with E-state index in [2.05, 4.69) is 0 Å². The molecule has 0 bridgehead atoms. The summed E-state index contributed by atoms with van der Waals surface area (Å²) in [6.07, 6.45) is 9.68. The number of ether oxygens (including phenoxy) is 1. The van der Waals surface area contributed by atoms with Crippen molar-refractivity contribution in [3.8, 4) is 0 Å². The van der Waals surface area contributed by atoms with Gasteiger partial charge in [-0.05, 0) is 18.9 Å². The molecular formula is C13H18O4. The third-order valence-corrected chi connectivity index (χ3v) is 3.73. The lowest BCUT2D eigenvalue weighted by Crippen LogP contribution is -2.51. The van der Waals surface area contributed by atoms with Crippen LogP contribution in [0.3, 0.4) is 0 Å². The van der Waals surface area contributed by atoms with E-state index in [1.807, 2.05) is 0 Å². The quantitative estimate of drug-likeness (QED) is 0.725. The highest BCUT2D eigenvalue weighted by Crippen LogP contribution is 2.40. The van der Waals surface area contributed by atoms with Crippen molar-refractivity contribution in [3.63, 3.8) is 0 Å². The van der Waals surface area contributed by atoms with Gasteiger partial charge < -0.3 is 14.9 Å². The lowest BCUT2D eigenvalue weighted by Gasteiger charge is -2.42. The van der Waals surface area contributed by atoms with Gasteiger partial charge >= 0.3 is 6.16 Å². The van der Waals surface area contributed by atoms with Crippen molar-refractivity contribution in [3.05, 3.63) is 24.3 Å². The molecule has 2 atom stereocenters. The van der Waals surface area contributed by atoms with Gasteiger partial charge in [0, 0.05) is 5.92 Å². The van der Waals surface area contributed by atoms with E-state index in [-0.39, 0.29) is 5.92 Å². The van der Waals surface area contributed by atoms with Crippen LogP contribution in [0.2, 0.25) is 0 Å². The highest BCUT2D eigenvalue weighted by atomic mass is 16.7. The number of aliphatic hydroxyl groups excluding tert-OH is 1. The summed E-state index contributed by atoms with van der Waals surface area (Å²) in [6, 6.07) is 0. The average molecular weight is 238 g/mol. The van der Waals surface area contributed by atoms with E-state index < -0.39 is 17.9 Å². The van der Waals surface area contributed by atoms with Crippen LogP contribution in [0.4, 0.5) is 4.79 Å². The van der Waals surface area contributed by atoms with Gasteiger partial charge in [0.1, 0.15) is 6.10 Å². The molecule has 0 aromatic carbocycles. The normalized spacial score (nSPS) is 33.6. The molecule has 2 rings (SSSR count). The summed E-state index contributed by atoms with van der Waals surface area (Å²) in [7, 11) is 0. The van der Waals surface area contributed by atoms with Gasteiger partial charge in [0.15, 0.2) is 5.60 Å². The van der Waals surface area contributed by atoms with Gasteiger partial charge in [-0.2, -0.15) is 0 Å². The molecule has 0 spiro atoms. The predicted octanol–water partition coefficient (Wildman–Crippen LogP) is 2.49. The minimum Gasteiger partial charge on any atom is -0.450 e. The minimum absolute atomic E-state index is 0.0727. The van der Waals surface area contributed by atoms with E-state index in [0.717, 1.165) is 25.7 Å². The molecule has 2 aliphatic carbocycles. The van der Waals surface area contributed by atoms with E-state index in [1.54, 1.807) is 24.3 Å². The highest BCUT2D eigenvalue weighted by Gasteiger charge is 2.46. The van der Waals surface area contributed by atoms with Crippen LogP contribution in [-0.4, -0.2) is 28.1 Å². The zero-order valence-corrected chi connectivity index (χ0v) is 9.71. The molecule has 2 N–H and O–H groups in total. The first kappa shape index (κ1) is 12.2. The summed E-state index contributed by atoms with van der Waals surface area (Å²) >= 11 is 0. The molecule has 0 amide bonds. The fraction of sp³-hybridized carbons (Fsp3) is 0.615. The van der Waals surface area contributed by atoms with Crippen molar-refractivity contribution < 1.29 is 19.7 Å². The Morgan fingerprint density at radius 3 is 2.53 bits per heavy atom. The SMILES string of the molecule is O=C(O)OC1(C2CCCCC2)C=CC=CC1O. The zero-order chi connectivity index (χ0) is 12.3. The van der Waals surface area contributed by atoms with Crippen molar-refractivity contribution in [1.29, 1.82) is 0 Å². The van der Waals surface area contributed by atoms with Crippen LogP contribution in [0, 0.1) is 5.92 Å². The maximum atomic E-state index is 10.9. The summed E-state index contributed by atoms with van der Waals surface area (Å²) in [4.78, 5) is 10.9. The Morgan fingerprint density at radius 1 is 1.24 bits per heavy atom. The predicted molar refractivity (Wildman–Crippen MR) is 62.7 cm³/mol. The molecule has 94 valence electrons. The van der Waals surface area contributed by atoms with Crippen molar-refractivity contribution >= 4 is 6.16 Å². The molecule has 4 heteroatoms. The third-order valence-electron chi connectivity index (χ3n) is 3.73. The number of aliphatic hydroxyl groups is 1. The highest BCUT2D eigenvalue weighted by molar-refractivity contribution is 5.58. The van der Waals surface area contributed by atoms with Gasteiger partial charge in [-0.25, -0.2) is 4.79 Å². The fourth-order valence-corrected chi connectivity index (χ4v) is 2.88. The molecule has 1 fully saturated rings. The van der Waals surface area contributed by atoms with Gasteiger partial charge in [0.25, 0.3) is 0 Å². The van der Waals surface area contributed by atoms with E-state index in [9.17, 15) is 9.90 Å². The number of carboxylic acid groups (broad SMARTS) is 1. The van der Waals surface area contributed by atoms with Crippen molar-refractivity contribution in [2.24, 2.45) is 5.92 Å². The molecule has 0 aromatic heterocycles. The first-order valence-corrected chi connectivity index (χ1v) is 6.11. The van der Waals surface area contributed by atoms with Crippen LogP contribution in [0.25, 0.3) is 0 Å². The lowest BCUT2D eigenvalue weighted by molar-refractivity contribution is -0.0911. The zero-order valence-electron chi connectivity index (χ0n) is 9.71. The monoisotopic (exact) mass is 238 g/mol. The molecule has 0 radical (unpaired) electrons. The van der Waals surface area contributed by atoms with Gasteiger partial charge in [-0.3, -0.25) is 0 Å². The molecular weight excluding hydrogens is 220 g/mol. The smallest absolute Gasteiger partial charge is 0.450 e. The molecule has 1 saturated carbocycles. The number of hydrogen-bond acceptors (Lipinski definition) is 3. The average Bonchev–Trinajstić information content (AvgIpc) is 2.33. The van der Waals surface area contributed by atoms with Crippen LogP contribution in [0.5, 0.6) is 0 Å². The maximum Gasteiger partial charge on any atom is 0.506 e. The van der Waals surface area contributed by atoms with E-state index in [0.29, 0.717) is 0 Å². The van der Waals surface area contributed by atoms with E-state index in [1.165, 1.54) is 6.42 Å². The van der Waals surface area contributed by atoms with Gasteiger partial charge in [0.05, 0.1) is 0 Å². The number of carbonyl (C=O) groups is 1. The molecule has 0 aliphatic heterocycles. The molecule has 0 aromatic rings. The number of hydrogen-bond donors (Lipinski definition) is 2. The standard InChI is InChI=1S/C13H18O4/c14-11-8-4-5-9-13(11,17-12(15)16)10-6-2-1-3-7-10/h4-5,8-11,14H,1-3,6-7H2,(H,15,16). The second-order valence-electron chi connectivity index (χ2n) is 4.75. The summed E-state index contributed by atoms with van der Waals surface area (Å²) in [5, 5.41) is 19.0. The Balaban J connectivity index is 2.25. The molecule has 2 unspecified atom stereocenters. The Labute approximate surface area is 101 Å². The van der Waals surface area contributed by atoms with E-state index >= 15 is 0 Å². The van der Waals surface area contributed by atoms with Gasteiger partial charge in [-0.15, -0.1) is 0 Å². The fourth-order valence-electron chi connectivity index (χ4n) is 2.88. The number of rotatable bonds is 2. The van der Waals surface area contributed by atoms with Crippen LogP contribution < -0.4 is 0 Å². The van der Waals surface area contributed by atoms with Crippen LogP contribution in [0.15, 0.2) is 24.3 Å². The van der Waals surface area contributed by atoms with Gasteiger partial charge in [0.2, 0.25) is 0 Å². The maximum absolute atomic E-state index is 10.9. The van der Waals surface area contributed by atoms with Crippen molar-refractivity contribution in [1.82, 2.24) is 0 Å². The van der Waals surface area contributed by atoms with Crippen molar-refractivity contribution in [2.45, 2.75) is 43.8 Å². The molecule has 17 heavy (non-hydrogen) atoms. The van der Waals surface area contributed by atoms with E-state index in [4.69, 9.17) is 9.84 Å². The molecule has 0 heterocycles. The molecule has 2 aliphatic rings. The molecule has 4 nitrogen and oxygen atoms in total. The lowest BCUT2D eigenvalue weighted by atomic mass is 9.72. The number of allylic oxidation sites excluding steroid dienone is 2. The topological polar surface area (TPSA) is 66.8 Å². The second-order valence-corrected chi connectivity index (χ2v) is 4.75. The third kappa shape index (κ3) is 2.36. The Hall–Kier alpha value is -1.29. The summed E-state index contributed by atoms with van der Waals surface area (Å²) in [5.74, 6) is 0.0727. The van der Waals surface area contributed by atoms with Gasteiger partial charge in [-0.1, -0.05) is 37.5 Å².